The third-order valence-corrected chi connectivity index (χ3v) is 3.88. The summed E-state index contributed by atoms with van der Waals surface area (Å²) in [5.74, 6) is 0.541. The Hall–Kier alpha value is -1.61. The molecule has 0 aliphatic heterocycles. The predicted molar refractivity (Wildman–Crippen MR) is 110 cm³/mol. The number of aromatic nitrogens is 1. The minimum Gasteiger partial charge on any atom is -0.380 e. The molecule has 5 nitrogen and oxygen atoms in total. The molecule has 0 bridgehead atoms. The summed E-state index contributed by atoms with van der Waals surface area (Å²) in [5.41, 5.74) is 2.74. The first-order valence-electron chi connectivity index (χ1n) is 7.83. The Morgan fingerprint density at radius 1 is 1.36 bits per heavy atom. The number of hydrogen-bond acceptors (Lipinski definition) is 2. The summed E-state index contributed by atoms with van der Waals surface area (Å²) in [6.45, 7) is 1.59. The van der Waals surface area contributed by atoms with Crippen molar-refractivity contribution in [2.24, 2.45) is 12.0 Å². The molecule has 0 saturated heterocycles. The fourth-order valence-electron chi connectivity index (χ4n) is 2.55. The van der Waals surface area contributed by atoms with E-state index in [0.29, 0.717) is 12.1 Å². The topological polar surface area (TPSA) is 41.8 Å². The Kier molecular flexibility index (Phi) is 8.91. The monoisotopic (exact) mass is 460 g/mol. The lowest BCUT2D eigenvalue weighted by Crippen LogP contribution is -2.38. The predicted octanol–water partition coefficient (Wildman–Crippen LogP) is 3.14. The maximum Gasteiger partial charge on any atom is 0.194 e. The van der Waals surface area contributed by atoms with E-state index in [1.807, 2.05) is 32.4 Å². The summed E-state index contributed by atoms with van der Waals surface area (Å²) in [4.78, 5) is 6.36. The normalized spacial score (nSPS) is 11.2. The van der Waals surface area contributed by atoms with E-state index in [1.165, 1.54) is 11.8 Å². The van der Waals surface area contributed by atoms with Crippen LogP contribution in [0.5, 0.6) is 0 Å². The quantitative estimate of drug-likeness (QED) is 0.409. The average molecular weight is 460 g/mol. The molecule has 1 aromatic carbocycles. The van der Waals surface area contributed by atoms with Gasteiger partial charge in [0.1, 0.15) is 5.82 Å². The molecule has 0 spiro atoms. The van der Waals surface area contributed by atoms with Crippen molar-refractivity contribution in [2.45, 2.75) is 19.7 Å². The highest BCUT2D eigenvalue weighted by molar-refractivity contribution is 14.0. The molecule has 0 aliphatic carbocycles. The van der Waals surface area contributed by atoms with Crippen molar-refractivity contribution in [3.05, 3.63) is 59.2 Å². The molecule has 7 heteroatoms. The van der Waals surface area contributed by atoms with Crippen LogP contribution < -0.4 is 5.32 Å². The lowest BCUT2D eigenvalue weighted by Gasteiger charge is -2.22. The lowest BCUT2D eigenvalue weighted by molar-refractivity contribution is 0.181. The fourth-order valence-corrected chi connectivity index (χ4v) is 2.55. The second-order valence-electron chi connectivity index (χ2n) is 5.73. The minimum atomic E-state index is -0.245. The van der Waals surface area contributed by atoms with Gasteiger partial charge in [0.05, 0.1) is 13.2 Å². The highest BCUT2D eigenvalue weighted by atomic mass is 127. The zero-order valence-corrected chi connectivity index (χ0v) is 17.5. The second kappa shape index (κ2) is 10.4. The number of aryl methyl sites for hydroxylation is 1. The van der Waals surface area contributed by atoms with Crippen molar-refractivity contribution in [1.82, 2.24) is 14.8 Å². The van der Waals surface area contributed by atoms with Crippen LogP contribution in [0.4, 0.5) is 4.39 Å². The number of halogens is 2. The van der Waals surface area contributed by atoms with E-state index in [1.54, 1.807) is 20.2 Å². The van der Waals surface area contributed by atoms with Gasteiger partial charge in [-0.2, -0.15) is 0 Å². The number of rotatable bonds is 6. The fraction of sp³-hybridized carbons (Fsp3) is 0.389. The Balaban J connectivity index is 0.00000312. The number of guanidine groups is 1. The zero-order chi connectivity index (χ0) is 17.5. The highest BCUT2D eigenvalue weighted by Gasteiger charge is 2.09. The van der Waals surface area contributed by atoms with Gasteiger partial charge in [-0.1, -0.05) is 6.07 Å². The Bertz CT molecular complexity index is 702. The number of nitrogens with one attached hydrogen (secondary N) is 1. The first-order chi connectivity index (χ1) is 11.5. The first-order valence-corrected chi connectivity index (χ1v) is 7.83. The molecule has 0 fully saturated rings. The summed E-state index contributed by atoms with van der Waals surface area (Å²) < 4.78 is 20.8. The van der Waals surface area contributed by atoms with Crippen molar-refractivity contribution in [3.63, 3.8) is 0 Å². The van der Waals surface area contributed by atoms with Crippen LogP contribution in [0.15, 0.2) is 41.5 Å². The standard InChI is InChI=1S/C18H25FN4O.HI/c1-20-18(23(3)12-16-6-5-9-22(16)2)21-11-14-7-8-17(19)15(10-14)13-24-4;/h5-10H,11-13H2,1-4H3,(H,20,21);1H. The van der Waals surface area contributed by atoms with Gasteiger partial charge in [0, 0.05) is 52.3 Å². The summed E-state index contributed by atoms with van der Waals surface area (Å²) in [5, 5.41) is 3.31. The summed E-state index contributed by atoms with van der Waals surface area (Å²) in [7, 11) is 7.33. The molecule has 2 rings (SSSR count). The van der Waals surface area contributed by atoms with Gasteiger partial charge in [0.15, 0.2) is 5.96 Å². The Morgan fingerprint density at radius 3 is 2.72 bits per heavy atom. The SMILES string of the molecule is CN=C(NCc1ccc(F)c(COC)c1)N(C)Cc1cccn1C.I. The third-order valence-electron chi connectivity index (χ3n) is 3.88. The van der Waals surface area contributed by atoms with Crippen LogP contribution in [0.3, 0.4) is 0 Å². The van der Waals surface area contributed by atoms with Crippen LogP contribution in [0.25, 0.3) is 0 Å². The molecular weight excluding hydrogens is 434 g/mol. The molecule has 1 heterocycles. The average Bonchev–Trinajstić information content (AvgIpc) is 2.96. The molecule has 0 radical (unpaired) electrons. The van der Waals surface area contributed by atoms with E-state index in [0.717, 1.165) is 18.1 Å². The van der Waals surface area contributed by atoms with Gasteiger partial charge in [0.2, 0.25) is 0 Å². The van der Waals surface area contributed by atoms with Crippen LogP contribution >= 0.6 is 24.0 Å². The van der Waals surface area contributed by atoms with E-state index < -0.39 is 0 Å². The van der Waals surface area contributed by atoms with E-state index >= 15 is 0 Å². The van der Waals surface area contributed by atoms with Crippen molar-refractivity contribution in [2.75, 3.05) is 21.2 Å². The molecule has 2 aromatic rings. The molecule has 0 unspecified atom stereocenters. The van der Waals surface area contributed by atoms with Gasteiger partial charge in [-0.25, -0.2) is 4.39 Å². The van der Waals surface area contributed by atoms with Crippen molar-refractivity contribution in [3.8, 4) is 0 Å². The van der Waals surface area contributed by atoms with Crippen molar-refractivity contribution >= 4 is 29.9 Å². The van der Waals surface area contributed by atoms with E-state index in [2.05, 4.69) is 25.8 Å². The minimum absolute atomic E-state index is 0. The number of hydrogen-bond donors (Lipinski definition) is 1. The number of benzene rings is 1. The van der Waals surface area contributed by atoms with Crippen LogP contribution in [0, 0.1) is 5.82 Å². The molecule has 25 heavy (non-hydrogen) atoms. The van der Waals surface area contributed by atoms with Crippen LogP contribution in [-0.2, 0) is 31.5 Å². The molecular formula is C18H26FIN4O. The van der Waals surface area contributed by atoms with Gasteiger partial charge in [-0.3, -0.25) is 4.99 Å². The van der Waals surface area contributed by atoms with E-state index in [4.69, 9.17) is 4.74 Å². The number of nitrogens with zero attached hydrogens (tertiary/aromatic N) is 3. The molecule has 0 amide bonds. The van der Waals surface area contributed by atoms with Crippen molar-refractivity contribution in [1.29, 1.82) is 0 Å². The Labute approximate surface area is 165 Å². The summed E-state index contributed by atoms with van der Waals surface area (Å²) in [6, 6.07) is 9.17. The molecule has 1 aromatic heterocycles. The molecule has 1 N–H and O–H groups in total. The summed E-state index contributed by atoms with van der Waals surface area (Å²) in [6.07, 6.45) is 2.02. The largest absolute Gasteiger partial charge is 0.380 e. The van der Waals surface area contributed by atoms with Crippen LogP contribution in [0.1, 0.15) is 16.8 Å². The van der Waals surface area contributed by atoms with Crippen molar-refractivity contribution < 1.29 is 9.13 Å². The van der Waals surface area contributed by atoms with Gasteiger partial charge < -0.3 is 19.5 Å². The number of ether oxygens (including phenoxy) is 1. The zero-order valence-electron chi connectivity index (χ0n) is 15.1. The van der Waals surface area contributed by atoms with Gasteiger partial charge in [0.25, 0.3) is 0 Å². The van der Waals surface area contributed by atoms with Gasteiger partial charge >= 0.3 is 0 Å². The molecule has 0 aliphatic rings. The number of aliphatic imine (C=N–C) groups is 1. The molecule has 0 atom stereocenters. The highest BCUT2D eigenvalue weighted by Crippen LogP contribution is 2.12. The van der Waals surface area contributed by atoms with Gasteiger partial charge in [-0.15, -0.1) is 24.0 Å². The molecule has 138 valence electrons. The lowest BCUT2D eigenvalue weighted by atomic mass is 10.1. The first kappa shape index (κ1) is 21.4. The second-order valence-corrected chi connectivity index (χ2v) is 5.73. The van der Waals surface area contributed by atoms with Crippen LogP contribution in [-0.4, -0.2) is 36.6 Å². The van der Waals surface area contributed by atoms with Crippen LogP contribution in [0.2, 0.25) is 0 Å². The van der Waals surface area contributed by atoms with E-state index in [-0.39, 0.29) is 36.4 Å². The number of methoxy groups -OCH3 is 1. The summed E-state index contributed by atoms with van der Waals surface area (Å²) >= 11 is 0. The Morgan fingerprint density at radius 2 is 2.12 bits per heavy atom. The van der Waals surface area contributed by atoms with Gasteiger partial charge in [-0.05, 0) is 29.8 Å². The molecule has 0 saturated carbocycles. The maximum atomic E-state index is 13.7. The smallest absolute Gasteiger partial charge is 0.194 e. The van der Waals surface area contributed by atoms with E-state index in [9.17, 15) is 4.39 Å². The third kappa shape index (κ3) is 6.00. The maximum absolute atomic E-state index is 13.7.